The van der Waals surface area contributed by atoms with E-state index in [9.17, 15) is 9.59 Å². The monoisotopic (exact) mass is 400 g/mol. The third-order valence-electron chi connectivity index (χ3n) is 5.29. The summed E-state index contributed by atoms with van der Waals surface area (Å²) in [6.07, 6.45) is 1.68. The molecule has 0 spiro atoms. The normalized spacial score (nSPS) is 12.0. The zero-order valence-corrected chi connectivity index (χ0v) is 16.9. The summed E-state index contributed by atoms with van der Waals surface area (Å²) in [6, 6.07) is 23.3. The number of aromatic nitrogens is 3. The van der Waals surface area contributed by atoms with Crippen molar-refractivity contribution in [2.75, 3.05) is 6.54 Å². The van der Waals surface area contributed by atoms with Crippen LogP contribution in [0.5, 0.6) is 0 Å². The number of nitrogens with zero attached hydrogens (tertiary/aromatic N) is 3. The Hall–Kier alpha value is -3.67. The highest BCUT2D eigenvalue weighted by atomic mass is 16.2. The van der Waals surface area contributed by atoms with Crippen LogP contribution in [0.2, 0.25) is 0 Å². The van der Waals surface area contributed by atoms with Gasteiger partial charge < -0.3 is 5.32 Å². The fourth-order valence-electron chi connectivity index (χ4n) is 3.60. The maximum Gasteiger partial charge on any atom is 0.330 e. The number of benzene rings is 2. The van der Waals surface area contributed by atoms with Crippen LogP contribution in [0, 0.1) is 0 Å². The van der Waals surface area contributed by atoms with Crippen molar-refractivity contribution in [1.29, 1.82) is 0 Å². The molecule has 0 bridgehead atoms. The molecule has 0 aliphatic carbocycles. The van der Waals surface area contributed by atoms with E-state index in [-0.39, 0.29) is 17.5 Å². The fourth-order valence-corrected chi connectivity index (χ4v) is 3.60. The summed E-state index contributed by atoms with van der Waals surface area (Å²) in [5.41, 5.74) is 3.30. The molecule has 1 amide bonds. The molecule has 1 N–H and O–H groups in total. The first-order valence-electron chi connectivity index (χ1n) is 10.1. The molecule has 30 heavy (non-hydrogen) atoms. The lowest BCUT2D eigenvalue weighted by Crippen LogP contribution is -2.34. The van der Waals surface area contributed by atoms with Gasteiger partial charge >= 0.3 is 5.69 Å². The van der Waals surface area contributed by atoms with Crippen LogP contribution in [0.1, 0.15) is 24.0 Å². The smallest absolute Gasteiger partial charge is 0.330 e. The zero-order valence-electron chi connectivity index (χ0n) is 16.9. The molecular weight excluding hydrogens is 376 g/mol. The van der Waals surface area contributed by atoms with E-state index in [1.165, 1.54) is 0 Å². The van der Waals surface area contributed by atoms with Gasteiger partial charge in [-0.2, -0.15) is 0 Å². The van der Waals surface area contributed by atoms with E-state index in [1.807, 2.05) is 79.7 Å². The quantitative estimate of drug-likeness (QED) is 0.518. The number of nitrogens with one attached hydrogen (secondary N) is 1. The molecule has 6 heteroatoms. The highest BCUT2D eigenvalue weighted by Crippen LogP contribution is 2.15. The second-order valence-corrected chi connectivity index (χ2v) is 7.28. The van der Waals surface area contributed by atoms with Crippen molar-refractivity contribution in [1.82, 2.24) is 19.4 Å². The minimum Gasteiger partial charge on any atom is -0.354 e. The standard InChI is InChI=1S/C24H24N4O2/c1-18(20-11-6-3-7-12-20)23(29)26-15-16-27-22-21(13-8-14-25-22)28(24(27)30)17-19-9-4-2-5-10-19/h2-14,18H,15-17H2,1H3,(H,26,29)/t18-/m1/s1. The van der Waals surface area contributed by atoms with Gasteiger partial charge in [0.1, 0.15) is 0 Å². The van der Waals surface area contributed by atoms with Crippen molar-refractivity contribution in [3.63, 3.8) is 0 Å². The average molecular weight is 400 g/mol. The van der Waals surface area contributed by atoms with Crippen LogP contribution < -0.4 is 11.0 Å². The van der Waals surface area contributed by atoms with Crippen LogP contribution in [0.25, 0.3) is 11.2 Å². The molecule has 0 aliphatic heterocycles. The van der Waals surface area contributed by atoms with Gasteiger partial charge in [0.2, 0.25) is 5.91 Å². The Bertz CT molecular complexity index is 1200. The number of carbonyl (C=O) groups is 1. The summed E-state index contributed by atoms with van der Waals surface area (Å²) in [5.74, 6) is -0.310. The minimum absolute atomic E-state index is 0.0600. The largest absolute Gasteiger partial charge is 0.354 e. The van der Waals surface area contributed by atoms with Gasteiger partial charge in [0.05, 0.1) is 18.0 Å². The van der Waals surface area contributed by atoms with Crippen LogP contribution >= 0.6 is 0 Å². The number of hydrogen-bond acceptors (Lipinski definition) is 3. The van der Waals surface area contributed by atoms with Crippen molar-refractivity contribution in [2.24, 2.45) is 0 Å². The topological polar surface area (TPSA) is 68.9 Å². The van der Waals surface area contributed by atoms with Gasteiger partial charge in [0.25, 0.3) is 0 Å². The van der Waals surface area contributed by atoms with Gasteiger partial charge in [0, 0.05) is 19.3 Å². The lowest BCUT2D eigenvalue weighted by molar-refractivity contribution is -0.122. The molecule has 2 heterocycles. The number of rotatable bonds is 7. The first-order chi connectivity index (χ1) is 14.6. The highest BCUT2D eigenvalue weighted by molar-refractivity contribution is 5.83. The SMILES string of the molecule is C[C@@H](C(=O)NCCn1c(=O)n(Cc2ccccc2)c2cccnc21)c1ccccc1. The first kappa shape index (κ1) is 19.6. The summed E-state index contributed by atoms with van der Waals surface area (Å²) in [6.45, 7) is 3.08. The molecule has 2 aromatic carbocycles. The first-order valence-corrected chi connectivity index (χ1v) is 10.1. The molecular formula is C24H24N4O2. The van der Waals surface area contributed by atoms with Gasteiger partial charge in [-0.3, -0.25) is 13.9 Å². The average Bonchev–Trinajstić information content (AvgIpc) is 3.06. The van der Waals surface area contributed by atoms with Crippen molar-refractivity contribution in [3.8, 4) is 0 Å². The van der Waals surface area contributed by atoms with Crippen LogP contribution in [0.3, 0.4) is 0 Å². The Balaban J connectivity index is 1.51. The Morgan fingerprint density at radius 2 is 1.67 bits per heavy atom. The van der Waals surface area contributed by atoms with E-state index in [4.69, 9.17) is 0 Å². The zero-order chi connectivity index (χ0) is 20.9. The minimum atomic E-state index is -0.250. The van der Waals surface area contributed by atoms with Gasteiger partial charge in [-0.15, -0.1) is 0 Å². The van der Waals surface area contributed by atoms with E-state index in [1.54, 1.807) is 15.3 Å². The van der Waals surface area contributed by atoms with Gasteiger partial charge in [-0.25, -0.2) is 9.78 Å². The molecule has 0 unspecified atom stereocenters. The molecule has 6 nitrogen and oxygen atoms in total. The van der Waals surface area contributed by atoms with Crippen molar-refractivity contribution in [3.05, 3.63) is 101 Å². The Morgan fingerprint density at radius 1 is 0.967 bits per heavy atom. The Kier molecular flexibility index (Phi) is 5.75. The van der Waals surface area contributed by atoms with Crippen molar-refractivity contribution in [2.45, 2.75) is 25.9 Å². The van der Waals surface area contributed by atoms with E-state index >= 15 is 0 Å². The predicted octanol–water partition coefficient (Wildman–Crippen LogP) is 3.17. The summed E-state index contributed by atoms with van der Waals surface area (Å²) >= 11 is 0. The lowest BCUT2D eigenvalue weighted by Gasteiger charge is -2.12. The number of imidazole rings is 1. The van der Waals surface area contributed by atoms with Crippen molar-refractivity contribution >= 4 is 17.1 Å². The van der Waals surface area contributed by atoms with E-state index in [2.05, 4.69) is 10.3 Å². The number of carbonyl (C=O) groups excluding carboxylic acids is 1. The third kappa shape index (κ3) is 4.03. The molecule has 0 fully saturated rings. The van der Waals surface area contributed by atoms with Crippen LogP contribution in [-0.2, 0) is 17.9 Å². The van der Waals surface area contributed by atoms with Gasteiger partial charge in [-0.1, -0.05) is 60.7 Å². The Morgan fingerprint density at radius 3 is 2.40 bits per heavy atom. The third-order valence-corrected chi connectivity index (χ3v) is 5.29. The number of hydrogen-bond donors (Lipinski definition) is 1. The van der Waals surface area contributed by atoms with Gasteiger partial charge in [-0.05, 0) is 30.2 Å². The summed E-state index contributed by atoms with van der Waals surface area (Å²) < 4.78 is 3.36. The van der Waals surface area contributed by atoms with Crippen molar-refractivity contribution < 1.29 is 4.79 Å². The van der Waals surface area contributed by atoms with E-state index in [0.29, 0.717) is 25.3 Å². The molecule has 1 atom stereocenters. The maximum atomic E-state index is 13.1. The number of amides is 1. The van der Waals surface area contributed by atoms with Crippen LogP contribution in [-0.4, -0.2) is 26.6 Å². The van der Waals surface area contributed by atoms with Crippen LogP contribution in [0.4, 0.5) is 0 Å². The van der Waals surface area contributed by atoms with Crippen LogP contribution in [0.15, 0.2) is 83.8 Å². The number of pyridine rings is 1. The highest BCUT2D eigenvalue weighted by Gasteiger charge is 2.16. The van der Waals surface area contributed by atoms with E-state index in [0.717, 1.165) is 16.6 Å². The molecule has 0 aliphatic rings. The Labute approximate surface area is 174 Å². The lowest BCUT2D eigenvalue weighted by atomic mass is 10.0. The molecule has 2 aromatic heterocycles. The second kappa shape index (κ2) is 8.78. The molecule has 0 saturated carbocycles. The summed E-state index contributed by atoms with van der Waals surface area (Å²) in [5, 5.41) is 2.94. The van der Waals surface area contributed by atoms with Gasteiger partial charge in [0.15, 0.2) is 5.65 Å². The molecule has 0 radical (unpaired) electrons. The van der Waals surface area contributed by atoms with E-state index < -0.39 is 0 Å². The molecule has 4 rings (SSSR count). The summed E-state index contributed by atoms with van der Waals surface area (Å²) in [7, 11) is 0. The predicted molar refractivity (Wildman–Crippen MR) is 117 cm³/mol. The molecule has 152 valence electrons. The molecule has 4 aromatic rings. The number of fused-ring (bicyclic) bond motifs is 1. The summed E-state index contributed by atoms with van der Waals surface area (Å²) in [4.78, 5) is 30.0. The molecule has 0 saturated heterocycles. The second-order valence-electron chi connectivity index (χ2n) is 7.28. The maximum absolute atomic E-state index is 13.1. The fraction of sp³-hybridized carbons (Fsp3) is 0.208.